The molecule has 0 saturated heterocycles. The zero-order valence-electron chi connectivity index (χ0n) is 10.1. The highest BCUT2D eigenvalue weighted by Crippen LogP contribution is 2.38. The third kappa shape index (κ3) is 2.55. The number of rotatable bonds is 3. The van der Waals surface area contributed by atoms with E-state index in [1.54, 1.807) is 13.0 Å². The third-order valence-corrected chi connectivity index (χ3v) is 2.64. The summed E-state index contributed by atoms with van der Waals surface area (Å²) in [6.45, 7) is 3.36. The molecule has 0 saturated carbocycles. The summed E-state index contributed by atoms with van der Waals surface area (Å²) in [6.07, 6.45) is -0.410. The molecular formula is C12H18N2O3. The molecule has 2 rings (SSSR count). The Morgan fingerprint density at radius 3 is 2.53 bits per heavy atom. The number of nitrogens with two attached hydrogens (primary N) is 1. The van der Waals surface area contributed by atoms with Crippen molar-refractivity contribution >= 4 is 11.4 Å². The molecule has 1 heterocycles. The lowest BCUT2D eigenvalue weighted by Gasteiger charge is -2.25. The van der Waals surface area contributed by atoms with Crippen LogP contribution < -0.4 is 20.1 Å². The third-order valence-electron chi connectivity index (χ3n) is 2.64. The Bertz CT molecular complexity index is 407. The van der Waals surface area contributed by atoms with Crippen molar-refractivity contribution in [3.8, 4) is 11.5 Å². The van der Waals surface area contributed by atoms with Crippen LogP contribution in [0, 0.1) is 0 Å². The number of hydrogen-bond acceptors (Lipinski definition) is 5. The number of likely N-dealkylation sites (N-methyl/N-ethyl adjacent to an activating group) is 1. The van der Waals surface area contributed by atoms with Gasteiger partial charge in [-0.3, -0.25) is 0 Å². The van der Waals surface area contributed by atoms with Crippen LogP contribution in [-0.2, 0) is 0 Å². The first-order valence-corrected chi connectivity index (χ1v) is 5.66. The first-order chi connectivity index (χ1) is 8.08. The fourth-order valence-electron chi connectivity index (χ4n) is 1.92. The van der Waals surface area contributed by atoms with E-state index in [1.807, 2.05) is 18.0 Å². The molecule has 0 aromatic heterocycles. The molecule has 94 valence electrons. The number of hydrogen-bond donors (Lipinski definition) is 2. The van der Waals surface area contributed by atoms with Crippen LogP contribution in [0.25, 0.3) is 0 Å². The van der Waals surface area contributed by atoms with Gasteiger partial charge in [0.25, 0.3) is 0 Å². The number of nitrogen functional groups attached to an aromatic ring is 1. The lowest BCUT2D eigenvalue weighted by atomic mass is 10.2. The van der Waals surface area contributed by atoms with Crippen molar-refractivity contribution in [1.29, 1.82) is 0 Å². The van der Waals surface area contributed by atoms with Gasteiger partial charge in [0.1, 0.15) is 13.2 Å². The Kier molecular flexibility index (Phi) is 3.28. The molecule has 1 aromatic carbocycles. The number of anilines is 2. The van der Waals surface area contributed by atoms with Gasteiger partial charge in [0.15, 0.2) is 11.5 Å². The maximum atomic E-state index is 9.38. The minimum Gasteiger partial charge on any atom is -0.486 e. The fraction of sp³-hybridized carbons (Fsp3) is 0.500. The van der Waals surface area contributed by atoms with Crippen molar-refractivity contribution < 1.29 is 14.6 Å². The average Bonchev–Trinajstić information content (AvgIpc) is 2.27. The molecule has 17 heavy (non-hydrogen) atoms. The van der Waals surface area contributed by atoms with Crippen molar-refractivity contribution in [2.45, 2.75) is 13.0 Å². The highest BCUT2D eigenvalue weighted by atomic mass is 16.6. The second kappa shape index (κ2) is 4.71. The average molecular weight is 238 g/mol. The van der Waals surface area contributed by atoms with Crippen LogP contribution >= 0.6 is 0 Å². The molecule has 1 aromatic rings. The molecule has 1 aliphatic rings. The first kappa shape index (κ1) is 11.9. The van der Waals surface area contributed by atoms with Crippen LogP contribution in [0.1, 0.15) is 6.92 Å². The molecule has 0 aliphatic carbocycles. The summed E-state index contributed by atoms with van der Waals surface area (Å²) < 4.78 is 11.0. The van der Waals surface area contributed by atoms with E-state index >= 15 is 0 Å². The molecule has 5 nitrogen and oxygen atoms in total. The van der Waals surface area contributed by atoms with Gasteiger partial charge >= 0.3 is 0 Å². The van der Waals surface area contributed by atoms with E-state index in [9.17, 15) is 5.11 Å². The Balaban J connectivity index is 2.28. The Hall–Kier alpha value is -1.62. The molecule has 0 spiro atoms. The van der Waals surface area contributed by atoms with Crippen molar-refractivity contribution in [3.05, 3.63) is 12.1 Å². The predicted octanol–water partition coefficient (Wildman–Crippen LogP) is 0.857. The van der Waals surface area contributed by atoms with E-state index in [0.717, 1.165) is 5.69 Å². The highest BCUT2D eigenvalue weighted by Gasteiger charge is 2.17. The molecule has 1 aliphatic heterocycles. The van der Waals surface area contributed by atoms with Crippen LogP contribution in [0.5, 0.6) is 11.5 Å². The quantitative estimate of drug-likeness (QED) is 0.764. The minimum atomic E-state index is -0.410. The van der Waals surface area contributed by atoms with E-state index in [2.05, 4.69) is 0 Å². The number of fused-ring (bicyclic) bond motifs is 1. The molecule has 1 unspecified atom stereocenters. The lowest BCUT2D eigenvalue weighted by molar-refractivity contribution is 0.171. The zero-order chi connectivity index (χ0) is 12.4. The summed E-state index contributed by atoms with van der Waals surface area (Å²) in [6, 6.07) is 3.62. The van der Waals surface area contributed by atoms with Gasteiger partial charge in [-0.05, 0) is 6.92 Å². The highest BCUT2D eigenvalue weighted by molar-refractivity contribution is 5.73. The smallest absolute Gasteiger partial charge is 0.163 e. The summed E-state index contributed by atoms with van der Waals surface area (Å²) in [7, 11) is 1.88. The van der Waals surface area contributed by atoms with Gasteiger partial charge in [0, 0.05) is 25.7 Å². The maximum absolute atomic E-state index is 9.38. The van der Waals surface area contributed by atoms with Gasteiger partial charge in [-0.2, -0.15) is 0 Å². The minimum absolute atomic E-state index is 0.410. The number of aliphatic hydroxyl groups is 1. The molecule has 5 heteroatoms. The summed E-state index contributed by atoms with van der Waals surface area (Å²) >= 11 is 0. The molecule has 0 radical (unpaired) electrons. The van der Waals surface area contributed by atoms with Crippen molar-refractivity contribution in [2.24, 2.45) is 0 Å². The van der Waals surface area contributed by atoms with Gasteiger partial charge in [-0.1, -0.05) is 0 Å². The summed E-state index contributed by atoms with van der Waals surface area (Å²) in [5.74, 6) is 1.39. The SMILES string of the molecule is CC(O)CN(C)c1cc2c(cc1N)OCCO2. The Labute approximate surface area is 101 Å². The second-order valence-electron chi connectivity index (χ2n) is 4.28. The van der Waals surface area contributed by atoms with Crippen molar-refractivity contribution in [2.75, 3.05) is 37.4 Å². The Morgan fingerprint density at radius 1 is 1.35 bits per heavy atom. The summed E-state index contributed by atoms with van der Waals surface area (Å²) in [5.41, 5.74) is 7.43. The first-order valence-electron chi connectivity index (χ1n) is 5.66. The maximum Gasteiger partial charge on any atom is 0.163 e. The van der Waals surface area contributed by atoms with Crippen molar-refractivity contribution in [3.63, 3.8) is 0 Å². The largest absolute Gasteiger partial charge is 0.486 e. The van der Waals surface area contributed by atoms with E-state index in [4.69, 9.17) is 15.2 Å². The summed E-state index contributed by atoms with van der Waals surface area (Å²) in [4.78, 5) is 1.90. The topological polar surface area (TPSA) is 68.0 Å². The molecule has 0 bridgehead atoms. The monoisotopic (exact) mass is 238 g/mol. The van der Waals surface area contributed by atoms with Crippen LogP contribution in [0.2, 0.25) is 0 Å². The van der Waals surface area contributed by atoms with E-state index in [1.165, 1.54) is 0 Å². The predicted molar refractivity (Wildman–Crippen MR) is 66.8 cm³/mol. The van der Waals surface area contributed by atoms with Gasteiger partial charge in [-0.25, -0.2) is 0 Å². The number of ether oxygens (including phenoxy) is 2. The van der Waals surface area contributed by atoms with Gasteiger partial charge < -0.3 is 25.2 Å². The Morgan fingerprint density at radius 2 is 1.94 bits per heavy atom. The van der Waals surface area contributed by atoms with E-state index in [-0.39, 0.29) is 0 Å². The number of aliphatic hydroxyl groups excluding tert-OH is 1. The standard InChI is InChI=1S/C12H18N2O3/c1-8(15)7-14(2)10-6-12-11(5-9(10)13)16-3-4-17-12/h5-6,8,15H,3-4,7,13H2,1-2H3. The lowest BCUT2D eigenvalue weighted by Crippen LogP contribution is -2.27. The zero-order valence-corrected chi connectivity index (χ0v) is 10.1. The molecule has 0 fully saturated rings. The molecule has 0 amide bonds. The van der Waals surface area contributed by atoms with Crippen molar-refractivity contribution in [1.82, 2.24) is 0 Å². The van der Waals surface area contributed by atoms with Crippen LogP contribution in [0.15, 0.2) is 12.1 Å². The van der Waals surface area contributed by atoms with Gasteiger partial charge in [0.2, 0.25) is 0 Å². The van der Waals surface area contributed by atoms with Crippen LogP contribution in [0.4, 0.5) is 11.4 Å². The van der Waals surface area contributed by atoms with Crippen LogP contribution in [0.3, 0.4) is 0 Å². The molecular weight excluding hydrogens is 220 g/mol. The normalized spacial score (nSPS) is 15.5. The summed E-state index contributed by atoms with van der Waals surface area (Å²) in [5, 5.41) is 9.38. The fourth-order valence-corrected chi connectivity index (χ4v) is 1.92. The van der Waals surface area contributed by atoms with Gasteiger partial charge in [-0.15, -0.1) is 0 Å². The van der Waals surface area contributed by atoms with Gasteiger partial charge in [0.05, 0.1) is 17.5 Å². The number of nitrogens with zero attached hydrogens (tertiary/aromatic N) is 1. The second-order valence-corrected chi connectivity index (χ2v) is 4.28. The molecule has 1 atom stereocenters. The van der Waals surface area contributed by atoms with Crippen LogP contribution in [-0.4, -0.2) is 38.0 Å². The molecule has 3 N–H and O–H groups in total. The van der Waals surface area contributed by atoms with E-state index in [0.29, 0.717) is 36.9 Å². The number of benzene rings is 1. The van der Waals surface area contributed by atoms with E-state index < -0.39 is 6.10 Å².